The summed E-state index contributed by atoms with van der Waals surface area (Å²) < 4.78 is 0. The number of anilines is 1. The van der Waals surface area contributed by atoms with Crippen molar-refractivity contribution in [1.29, 1.82) is 0 Å². The molecule has 0 bridgehead atoms. The molecule has 1 aliphatic rings. The van der Waals surface area contributed by atoms with Gasteiger partial charge in [0, 0.05) is 18.8 Å². The van der Waals surface area contributed by atoms with E-state index >= 15 is 0 Å². The third-order valence-electron chi connectivity index (χ3n) is 3.26. The first-order valence-corrected chi connectivity index (χ1v) is 5.68. The number of fused-ring (bicyclic) bond motifs is 1. The van der Waals surface area contributed by atoms with Crippen LogP contribution < -0.4 is 4.90 Å². The van der Waals surface area contributed by atoms with Crippen molar-refractivity contribution < 1.29 is 5.11 Å². The molecule has 0 aromatic heterocycles. The molecule has 2 nitrogen and oxygen atoms in total. The second-order valence-corrected chi connectivity index (χ2v) is 4.46. The molecule has 1 heterocycles. The van der Waals surface area contributed by atoms with Gasteiger partial charge < -0.3 is 10.0 Å². The summed E-state index contributed by atoms with van der Waals surface area (Å²) in [7, 11) is 0. The highest BCUT2D eigenvalue weighted by atomic mass is 16.3. The number of aliphatic hydroxyl groups excluding tert-OH is 1. The summed E-state index contributed by atoms with van der Waals surface area (Å²) in [6, 6.07) is 6.65. The SMILES string of the molecule is Cc1ccc2c(c1)N(CCO)CCC2C. The van der Waals surface area contributed by atoms with Gasteiger partial charge in [-0.3, -0.25) is 0 Å². The van der Waals surface area contributed by atoms with Crippen molar-refractivity contribution in [2.24, 2.45) is 0 Å². The Morgan fingerprint density at radius 3 is 3.00 bits per heavy atom. The maximum Gasteiger partial charge on any atom is 0.0606 e. The number of aryl methyl sites for hydroxylation is 1. The number of nitrogens with zero attached hydrogens (tertiary/aromatic N) is 1. The third-order valence-corrected chi connectivity index (χ3v) is 3.26. The van der Waals surface area contributed by atoms with Crippen LogP contribution in [0.4, 0.5) is 5.69 Å². The normalized spacial score (nSPS) is 20.2. The molecule has 1 aromatic carbocycles. The molecule has 2 heteroatoms. The van der Waals surface area contributed by atoms with Crippen LogP contribution in [-0.4, -0.2) is 24.8 Å². The molecule has 0 saturated carbocycles. The minimum atomic E-state index is 0.238. The number of hydrogen-bond acceptors (Lipinski definition) is 2. The molecule has 0 fully saturated rings. The fourth-order valence-electron chi connectivity index (χ4n) is 2.32. The Bertz CT molecular complexity index is 348. The van der Waals surface area contributed by atoms with Crippen molar-refractivity contribution >= 4 is 5.69 Å². The van der Waals surface area contributed by atoms with Gasteiger partial charge in [-0.15, -0.1) is 0 Å². The molecule has 0 aliphatic carbocycles. The van der Waals surface area contributed by atoms with Crippen LogP contribution in [0.2, 0.25) is 0 Å². The Morgan fingerprint density at radius 2 is 2.27 bits per heavy atom. The number of aliphatic hydroxyl groups is 1. The number of β-amino-alcohol motifs (C(OH)–C–C–N with tert-alkyl or cyclic N) is 1. The van der Waals surface area contributed by atoms with Crippen LogP contribution in [0.5, 0.6) is 0 Å². The highest BCUT2D eigenvalue weighted by molar-refractivity contribution is 5.58. The quantitative estimate of drug-likeness (QED) is 0.801. The van der Waals surface area contributed by atoms with Crippen LogP contribution in [0, 0.1) is 6.92 Å². The van der Waals surface area contributed by atoms with Crippen LogP contribution in [0.1, 0.15) is 30.4 Å². The Kier molecular flexibility index (Phi) is 2.96. The van der Waals surface area contributed by atoms with Gasteiger partial charge in [-0.25, -0.2) is 0 Å². The fraction of sp³-hybridized carbons (Fsp3) is 0.538. The number of benzene rings is 1. The van der Waals surface area contributed by atoms with Gasteiger partial charge in [0.2, 0.25) is 0 Å². The molecule has 0 spiro atoms. The lowest BCUT2D eigenvalue weighted by Crippen LogP contribution is -2.33. The van der Waals surface area contributed by atoms with Gasteiger partial charge >= 0.3 is 0 Å². The molecule has 1 unspecified atom stereocenters. The van der Waals surface area contributed by atoms with E-state index in [0.29, 0.717) is 5.92 Å². The van der Waals surface area contributed by atoms with Gasteiger partial charge in [0.15, 0.2) is 0 Å². The van der Waals surface area contributed by atoms with E-state index in [1.165, 1.54) is 23.2 Å². The monoisotopic (exact) mass is 205 g/mol. The molecular formula is C13H19NO. The van der Waals surface area contributed by atoms with Gasteiger partial charge in [-0.2, -0.15) is 0 Å². The van der Waals surface area contributed by atoms with Crippen molar-refractivity contribution in [1.82, 2.24) is 0 Å². The van der Waals surface area contributed by atoms with Crippen molar-refractivity contribution in [2.45, 2.75) is 26.2 Å². The molecular weight excluding hydrogens is 186 g/mol. The minimum Gasteiger partial charge on any atom is -0.395 e. The van der Waals surface area contributed by atoms with Crippen LogP contribution >= 0.6 is 0 Å². The van der Waals surface area contributed by atoms with Gasteiger partial charge in [0.25, 0.3) is 0 Å². The first kappa shape index (κ1) is 10.5. The predicted molar refractivity (Wildman–Crippen MR) is 63.5 cm³/mol. The van der Waals surface area contributed by atoms with E-state index in [-0.39, 0.29) is 6.61 Å². The molecule has 1 aromatic rings. The Balaban J connectivity index is 2.37. The van der Waals surface area contributed by atoms with Crippen molar-refractivity contribution in [3.63, 3.8) is 0 Å². The first-order chi connectivity index (χ1) is 7.22. The zero-order chi connectivity index (χ0) is 10.8. The molecule has 1 atom stereocenters. The van der Waals surface area contributed by atoms with E-state index in [9.17, 15) is 0 Å². The standard InChI is InChI=1S/C13H19NO/c1-10-3-4-12-11(2)5-6-14(7-8-15)13(12)9-10/h3-4,9,11,15H,5-8H2,1-2H3. The average Bonchev–Trinajstić information content (AvgIpc) is 2.22. The highest BCUT2D eigenvalue weighted by Crippen LogP contribution is 2.35. The maximum atomic E-state index is 9.04. The Labute approximate surface area is 91.5 Å². The average molecular weight is 205 g/mol. The van der Waals surface area contributed by atoms with E-state index in [2.05, 4.69) is 36.9 Å². The Morgan fingerprint density at radius 1 is 1.47 bits per heavy atom. The molecule has 0 radical (unpaired) electrons. The molecule has 1 N–H and O–H groups in total. The predicted octanol–water partition coefficient (Wildman–Crippen LogP) is 2.30. The second kappa shape index (κ2) is 4.23. The summed E-state index contributed by atoms with van der Waals surface area (Å²) >= 11 is 0. The minimum absolute atomic E-state index is 0.238. The molecule has 15 heavy (non-hydrogen) atoms. The van der Waals surface area contributed by atoms with E-state index in [1.54, 1.807) is 0 Å². The first-order valence-electron chi connectivity index (χ1n) is 5.68. The maximum absolute atomic E-state index is 9.04. The lowest BCUT2D eigenvalue weighted by molar-refractivity contribution is 0.300. The van der Waals surface area contributed by atoms with Crippen molar-refractivity contribution in [3.05, 3.63) is 29.3 Å². The summed E-state index contributed by atoms with van der Waals surface area (Å²) in [6.45, 7) is 6.46. The number of rotatable bonds is 2. The highest BCUT2D eigenvalue weighted by Gasteiger charge is 2.21. The topological polar surface area (TPSA) is 23.5 Å². The Hall–Kier alpha value is -1.02. The second-order valence-electron chi connectivity index (χ2n) is 4.46. The van der Waals surface area contributed by atoms with Gasteiger partial charge in [0.1, 0.15) is 0 Å². The summed E-state index contributed by atoms with van der Waals surface area (Å²) in [5.74, 6) is 0.649. The van der Waals surface area contributed by atoms with E-state index in [4.69, 9.17) is 5.11 Å². The van der Waals surface area contributed by atoms with E-state index < -0.39 is 0 Å². The van der Waals surface area contributed by atoms with E-state index in [0.717, 1.165) is 13.1 Å². The molecule has 82 valence electrons. The van der Waals surface area contributed by atoms with Crippen LogP contribution in [0.3, 0.4) is 0 Å². The smallest absolute Gasteiger partial charge is 0.0606 e. The molecule has 1 aliphatic heterocycles. The zero-order valence-electron chi connectivity index (χ0n) is 9.53. The lowest BCUT2D eigenvalue weighted by Gasteiger charge is -2.34. The summed E-state index contributed by atoms with van der Waals surface area (Å²) in [5.41, 5.74) is 4.05. The van der Waals surface area contributed by atoms with Crippen LogP contribution in [-0.2, 0) is 0 Å². The summed E-state index contributed by atoms with van der Waals surface area (Å²) in [5, 5.41) is 9.04. The van der Waals surface area contributed by atoms with Crippen molar-refractivity contribution in [2.75, 3.05) is 24.6 Å². The third kappa shape index (κ3) is 2.00. The largest absolute Gasteiger partial charge is 0.395 e. The van der Waals surface area contributed by atoms with Crippen LogP contribution in [0.25, 0.3) is 0 Å². The molecule has 0 amide bonds. The summed E-state index contributed by atoms with van der Waals surface area (Å²) in [6.07, 6.45) is 1.19. The van der Waals surface area contributed by atoms with Gasteiger partial charge in [0.05, 0.1) is 6.61 Å². The van der Waals surface area contributed by atoms with Gasteiger partial charge in [-0.1, -0.05) is 19.1 Å². The summed E-state index contributed by atoms with van der Waals surface area (Å²) in [4.78, 5) is 2.29. The fourth-order valence-corrected chi connectivity index (χ4v) is 2.32. The molecule has 2 rings (SSSR count). The lowest BCUT2D eigenvalue weighted by atomic mass is 9.90. The van der Waals surface area contributed by atoms with Gasteiger partial charge in [-0.05, 0) is 36.5 Å². The van der Waals surface area contributed by atoms with Crippen LogP contribution in [0.15, 0.2) is 18.2 Å². The van der Waals surface area contributed by atoms with Crippen molar-refractivity contribution in [3.8, 4) is 0 Å². The zero-order valence-corrected chi connectivity index (χ0v) is 9.53. The molecule has 0 saturated heterocycles. The van der Waals surface area contributed by atoms with E-state index in [1.807, 2.05) is 0 Å². The number of hydrogen-bond donors (Lipinski definition) is 1.